The van der Waals surface area contributed by atoms with Gasteiger partial charge in [-0.2, -0.15) is 0 Å². The summed E-state index contributed by atoms with van der Waals surface area (Å²) in [4.78, 5) is 24.5. The van der Waals surface area contributed by atoms with E-state index in [1.54, 1.807) is 10.6 Å². The Kier molecular flexibility index (Phi) is 3.94. The molecule has 1 aliphatic heterocycles. The predicted octanol–water partition coefficient (Wildman–Crippen LogP) is 3.28. The Morgan fingerprint density at radius 3 is 2.70 bits per heavy atom. The SMILES string of the molecule is CC1(C)CCc2ccc(NC(=O)OCc3ccccc3)c(=O)n21. The van der Waals surface area contributed by atoms with Gasteiger partial charge in [0.15, 0.2) is 0 Å². The Labute approximate surface area is 134 Å². The van der Waals surface area contributed by atoms with Crippen LogP contribution in [0.3, 0.4) is 0 Å². The molecule has 0 unspecified atom stereocenters. The second-order valence-corrected chi connectivity index (χ2v) is 6.38. The Bertz CT molecular complexity index is 779. The van der Waals surface area contributed by atoms with Crippen molar-refractivity contribution in [2.24, 2.45) is 0 Å². The summed E-state index contributed by atoms with van der Waals surface area (Å²) in [7, 11) is 0. The number of carbonyl (C=O) groups excluding carboxylic acids is 1. The van der Waals surface area contributed by atoms with Crippen molar-refractivity contribution in [3.05, 3.63) is 64.1 Å². The van der Waals surface area contributed by atoms with Crippen LogP contribution in [0.5, 0.6) is 0 Å². The highest BCUT2D eigenvalue weighted by Gasteiger charge is 2.31. The van der Waals surface area contributed by atoms with Gasteiger partial charge >= 0.3 is 6.09 Å². The first-order valence-corrected chi connectivity index (χ1v) is 7.70. The van der Waals surface area contributed by atoms with Crippen molar-refractivity contribution < 1.29 is 9.53 Å². The number of pyridine rings is 1. The van der Waals surface area contributed by atoms with Crippen LogP contribution >= 0.6 is 0 Å². The molecule has 120 valence electrons. The predicted molar refractivity (Wildman–Crippen MR) is 88.6 cm³/mol. The number of fused-ring (bicyclic) bond motifs is 1. The number of rotatable bonds is 3. The van der Waals surface area contributed by atoms with Gasteiger partial charge in [-0.25, -0.2) is 4.79 Å². The van der Waals surface area contributed by atoms with Gasteiger partial charge in [-0.1, -0.05) is 30.3 Å². The third kappa shape index (κ3) is 3.13. The average Bonchev–Trinajstić information content (AvgIpc) is 2.85. The van der Waals surface area contributed by atoms with E-state index in [2.05, 4.69) is 5.32 Å². The normalized spacial score (nSPS) is 15.0. The van der Waals surface area contributed by atoms with E-state index < -0.39 is 6.09 Å². The molecule has 5 nitrogen and oxygen atoms in total. The summed E-state index contributed by atoms with van der Waals surface area (Å²) in [5, 5.41) is 2.55. The van der Waals surface area contributed by atoms with E-state index in [1.807, 2.05) is 50.2 Å². The lowest BCUT2D eigenvalue weighted by atomic mass is 10.0. The van der Waals surface area contributed by atoms with Crippen LogP contribution in [0.2, 0.25) is 0 Å². The van der Waals surface area contributed by atoms with Gasteiger partial charge in [0.25, 0.3) is 5.56 Å². The van der Waals surface area contributed by atoms with E-state index in [-0.39, 0.29) is 23.4 Å². The second kappa shape index (κ2) is 5.91. The van der Waals surface area contributed by atoms with E-state index in [9.17, 15) is 9.59 Å². The van der Waals surface area contributed by atoms with Gasteiger partial charge in [0.05, 0.1) is 0 Å². The molecule has 1 amide bonds. The van der Waals surface area contributed by atoms with Gasteiger partial charge in [0.2, 0.25) is 0 Å². The van der Waals surface area contributed by atoms with Crippen LogP contribution in [-0.4, -0.2) is 10.7 Å². The standard InChI is InChI=1S/C18H20N2O3/c1-18(2)11-10-14-8-9-15(16(21)20(14)18)19-17(22)23-12-13-6-4-3-5-7-13/h3-9H,10-12H2,1-2H3,(H,19,22). The summed E-state index contributed by atoms with van der Waals surface area (Å²) in [5.74, 6) is 0. The Hall–Kier alpha value is -2.56. The molecule has 3 rings (SSSR count). The zero-order valence-electron chi connectivity index (χ0n) is 13.3. The van der Waals surface area contributed by atoms with E-state index in [4.69, 9.17) is 4.74 Å². The van der Waals surface area contributed by atoms with Crippen molar-refractivity contribution in [3.8, 4) is 0 Å². The highest BCUT2D eigenvalue weighted by atomic mass is 16.5. The molecule has 1 aliphatic rings. The lowest BCUT2D eigenvalue weighted by Gasteiger charge is -2.22. The van der Waals surface area contributed by atoms with Crippen molar-refractivity contribution in [1.29, 1.82) is 0 Å². The molecule has 1 N–H and O–H groups in total. The molecule has 1 aromatic carbocycles. The quantitative estimate of drug-likeness (QED) is 0.946. The van der Waals surface area contributed by atoms with Gasteiger partial charge in [-0.05, 0) is 44.4 Å². The minimum atomic E-state index is -0.623. The van der Waals surface area contributed by atoms with E-state index >= 15 is 0 Å². The third-order valence-corrected chi connectivity index (χ3v) is 4.21. The van der Waals surface area contributed by atoms with Crippen LogP contribution in [-0.2, 0) is 23.3 Å². The number of benzene rings is 1. The summed E-state index contributed by atoms with van der Waals surface area (Å²) in [6.45, 7) is 4.23. The van der Waals surface area contributed by atoms with E-state index in [1.165, 1.54) is 0 Å². The third-order valence-electron chi connectivity index (χ3n) is 4.21. The lowest BCUT2D eigenvalue weighted by Crippen LogP contribution is -2.35. The molecular formula is C18H20N2O3. The molecule has 0 saturated carbocycles. The van der Waals surface area contributed by atoms with E-state index in [0.717, 1.165) is 24.1 Å². The number of hydrogen-bond acceptors (Lipinski definition) is 3. The minimum Gasteiger partial charge on any atom is -0.444 e. The summed E-state index contributed by atoms with van der Waals surface area (Å²) >= 11 is 0. The molecule has 0 saturated heterocycles. The number of nitrogens with one attached hydrogen (secondary N) is 1. The number of nitrogens with zero attached hydrogens (tertiary/aromatic N) is 1. The monoisotopic (exact) mass is 312 g/mol. The van der Waals surface area contributed by atoms with Crippen molar-refractivity contribution in [3.63, 3.8) is 0 Å². The number of anilines is 1. The van der Waals surface area contributed by atoms with Crippen molar-refractivity contribution in [1.82, 2.24) is 4.57 Å². The maximum atomic E-state index is 12.6. The number of carbonyl (C=O) groups is 1. The first-order valence-electron chi connectivity index (χ1n) is 7.70. The number of hydrogen-bond donors (Lipinski definition) is 1. The molecule has 0 spiro atoms. The lowest BCUT2D eigenvalue weighted by molar-refractivity contribution is 0.155. The van der Waals surface area contributed by atoms with Crippen molar-refractivity contribution in [2.45, 2.75) is 38.8 Å². The topological polar surface area (TPSA) is 60.3 Å². The molecule has 0 fully saturated rings. The fourth-order valence-corrected chi connectivity index (χ4v) is 2.95. The minimum absolute atomic E-state index is 0.171. The van der Waals surface area contributed by atoms with Gasteiger partial charge < -0.3 is 9.30 Å². The van der Waals surface area contributed by atoms with Crippen molar-refractivity contribution in [2.75, 3.05) is 5.32 Å². The molecule has 1 aromatic heterocycles. The maximum absolute atomic E-state index is 12.6. The second-order valence-electron chi connectivity index (χ2n) is 6.38. The number of aromatic nitrogens is 1. The molecular weight excluding hydrogens is 292 g/mol. The Morgan fingerprint density at radius 1 is 1.22 bits per heavy atom. The summed E-state index contributed by atoms with van der Waals surface area (Å²) in [5.41, 5.74) is 1.75. The molecule has 0 atom stereocenters. The number of ether oxygens (including phenoxy) is 1. The molecule has 0 aliphatic carbocycles. The number of aryl methyl sites for hydroxylation is 1. The zero-order chi connectivity index (χ0) is 16.4. The summed E-state index contributed by atoms with van der Waals surface area (Å²) < 4.78 is 6.92. The summed E-state index contributed by atoms with van der Waals surface area (Å²) in [6, 6.07) is 13.0. The smallest absolute Gasteiger partial charge is 0.412 e. The molecule has 0 radical (unpaired) electrons. The molecule has 2 heterocycles. The molecule has 23 heavy (non-hydrogen) atoms. The average molecular weight is 312 g/mol. The fraction of sp³-hybridized carbons (Fsp3) is 0.333. The van der Waals surface area contributed by atoms with Crippen LogP contribution in [0, 0.1) is 0 Å². The summed E-state index contributed by atoms with van der Waals surface area (Å²) in [6.07, 6.45) is 1.17. The molecule has 0 bridgehead atoms. The fourth-order valence-electron chi connectivity index (χ4n) is 2.95. The maximum Gasteiger partial charge on any atom is 0.412 e. The Balaban J connectivity index is 1.71. The van der Waals surface area contributed by atoms with Gasteiger partial charge in [0.1, 0.15) is 12.3 Å². The van der Waals surface area contributed by atoms with Crippen LogP contribution < -0.4 is 10.9 Å². The highest BCUT2D eigenvalue weighted by molar-refractivity contribution is 5.84. The Morgan fingerprint density at radius 2 is 1.96 bits per heavy atom. The zero-order valence-corrected chi connectivity index (χ0v) is 13.3. The van der Waals surface area contributed by atoms with E-state index in [0.29, 0.717) is 0 Å². The molecule has 2 aromatic rings. The van der Waals surface area contributed by atoms with Crippen LogP contribution in [0.15, 0.2) is 47.3 Å². The van der Waals surface area contributed by atoms with Crippen LogP contribution in [0.4, 0.5) is 10.5 Å². The first kappa shape index (κ1) is 15.3. The number of amides is 1. The van der Waals surface area contributed by atoms with Gasteiger partial charge in [-0.15, -0.1) is 0 Å². The van der Waals surface area contributed by atoms with Crippen molar-refractivity contribution >= 4 is 11.8 Å². The largest absolute Gasteiger partial charge is 0.444 e. The van der Waals surface area contributed by atoms with Crippen LogP contribution in [0.25, 0.3) is 0 Å². The molecule has 5 heteroatoms. The van der Waals surface area contributed by atoms with Gasteiger partial charge in [-0.3, -0.25) is 10.1 Å². The van der Waals surface area contributed by atoms with Crippen LogP contribution in [0.1, 0.15) is 31.5 Å². The van der Waals surface area contributed by atoms with Gasteiger partial charge in [0, 0.05) is 11.2 Å². The highest BCUT2D eigenvalue weighted by Crippen LogP contribution is 2.29. The first-order chi connectivity index (χ1) is 11.0.